The predicted molar refractivity (Wildman–Crippen MR) is 111 cm³/mol. The number of hydrogen-bond donors (Lipinski definition) is 2. The fourth-order valence-electron chi connectivity index (χ4n) is 3.10. The molecule has 0 bridgehead atoms. The molecular formula is C20H13N3O4S2. The SMILES string of the molecule is O=C(O)c1ccc2nc(NC(=O)c3csc(-c4ccc5c(c4)CCO5)n3)sc2c1. The maximum Gasteiger partial charge on any atom is 0.335 e. The minimum atomic E-state index is -1.00. The van der Waals surface area contributed by atoms with E-state index in [1.165, 1.54) is 28.7 Å². The van der Waals surface area contributed by atoms with Crippen molar-refractivity contribution in [3.05, 3.63) is 58.6 Å². The maximum atomic E-state index is 12.6. The lowest BCUT2D eigenvalue weighted by Gasteiger charge is -2.01. The van der Waals surface area contributed by atoms with Gasteiger partial charge in [-0.2, -0.15) is 0 Å². The highest BCUT2D eigenvalue weighted by atomic mass is 32.1. The summed E-state index contributed by atoms with van der Waals surface area (Å²) in [6, 6.07) is 10.6. The standard InChI is InChI=1S/C20H13N3O4S2/c24-17(23-20-22-13-3-1-12(19(25)26)8-16(13)29-20)14-9-28-18(21-14)11-2-4-15-10(7-11)5-6-27-15/h1-4,7-9H,5-6H2,(H,25,26)(H,22,23,24). The highest BCUT2D eigenvalue weighted by Crippen LogP contribution is 2.32. The number of carboxylic acid groups (broad SMARTS) is 1. The first-order valence-electron chi connectivity index (χ1n) is 8.74. The van der Waals surface area contributed by atoms with Crippen LogP contribution in [-0.2, 0) is 6.42 Å². The second-order valence-corrected chi connectivity index (χ2v) is 8.31. The van der Waals surface area contributed by atoms with E-state index in [1.807, 2.05) is 12.1 Å². The van der Waals surface area contributed by atoms with Gasteiger partial charge in [0, 0.05) is 17.4 Å². The lowest BCUT2D eigenvalue weighted by molar-refractivity contribution is 0.0697. The van der Waals surface area contributed by atoms with E-state index in [1.54, 1.807) is 17.5 Å². The van der Waals surface area contributed by atoms with Crippen molar-refractivity contribution in [2.24, 2.45) is 0 Å². The molecule has 0 radical (unpaired) electrons. The molecule has 0 fully saturated rings. The summed E-state index contributed by atoms with van der Waals surface area (Å²) in [5.74, 6) is -0.446. The number of benzene rings is 2. The van der Waals surface area contributed by atoms with Crippen LogP contribution in [0.4, 0.5) is 5.13 Å². The molecule has 0 spiro atoms. The molecule has 2 N–H and O–H groups in total. The summed E-state index contributed by atoms with van der Waals surface area (Å²) in [4.78, 5) is 32.5. The Morgan fingerprint density at radius 1 is 1.14 bits per heavy atom. The van der Waals surface area contributed by atoms with E-state index in [0.29, 0.717) is 27.6 Å². The van der Waals surface area contributed by atoms with Gasteiger partial charge in [-0.25, -0.2) is 14.8 Å². The zero-order valence-corrected chi connectivity index (χ0v) is 16.5. The molecule has 0 unspecified atom stereocenters. The molecular weight excluding hydrogens is 410 g/mol. The van der Waals surface area contributed by atoms with Crippen molar-refractivity contribution in [1.82, 2.24) is 9.97 Å². The van der Waals surface area contributed by atoms with Crippen LogP contribution in [0.2, 0.25) is 0 Å². The molecule has 4 aromatic rings. The van der Waals surface area contributed by atoms with Gasteiger partial charge in [0.25, 0.3) is 5.91 Å². The summed E-state index contributed by atoms with van der Waals surface area (Å²) < 4.78 is 6.22. The molecule has 3 heterocycles. The third-order valence-electron chi connectivity index (χ3n) is 4.53. The molecule has 2 aromatic heterocycles. The number of anilines is 1. The zero-order chi connectivity index (χ0) is 20.0. The Bertz CT molecular complexity index is 1280. The fraction of sp³-hybridized carbons (Fsp3) is 0.100. The minimum Gasteiger partial charge on any atom is -0.493 e. The first kappa shape index (κ1) is 17.8. The van der Waals surface area contributed by atoms with Crippen molar-refractivity contribution in [2.75, 3.05) is 11.9 Å². The van der Waals surface area contributed by atoms with E-state index in [9.17, 15) is 9.59 Å². The Kier molecular flexibility index (Phi) is 4.26. The highest BCUT2D eigenvalue weighted by molar-refractivity contribution is 7.22. The van der Waals surface area contributed by atoms with E-state index in [-0.39, 0.29) is 11.5 Å². The van der Waals surface area contributed by atoms with Gasteiger partial charge < -0.3 is 9.84 Å². The van der Waals surface area contributed by atoms with Gasteiger partial charge in [0.1, 0.15) is 16.5 Å². The summed E-state index contributed by atoms with van der Waals surface area (Å²) >= 11 is 2.63. The van der Waals surface area contributed by atoms with Gasteiger partial charge in [-0.3, -0.25) is 10.1 Å². The van der Waals surface area contributed by atoms with Gasteiger partial charge in [-0.05, 0) is 42.0 Å². The number of carboxylic acids is 1. The van der Waals surface area contributed by atoms with Gasteiger partial charge in [-0.15, -0.1) is 11.3 Å². The molecule has 1 aliphatic rings. The number of hydrogen-bond acceptors (Lipinski definition) is 7. The number of aromatic nitrogens is 2. The average Bonchev–Trinajstić information content (AvgIpc) is 3.44. The van der Waals surface area contributed by atoms with Gasteiger partial charge in [0.2, 0.25) is 0 Å². The molecule has 144 valence electrons. The zero-order valence-electron chi connectivity index (χ0n) is 14.8. The summed E-state index contributed by atoms with van der Waals surface area (Å²) in [5.41, 5.74) is 3.24. The molecule has 29 heavy (non-hydrogen) atoms. The van der Waals surface area contributed by atoms with Crippen LogP contribution in [0, 0.1) is 0 Å². The molecule has 0 saturated heterocycles. The topological polar surface area (TPSA) is 101 Å². The van der Waals surface area contributed by atoms with E-state index in [0.717, 1.165) is 28.3 Å². The van der Waals surface area contributed by atoms with Gasteiger partial charge >= 0.3 is 5.97 Å². The third kappa shape index (κ3) is 3.34. The maximum absolute atomic E-state index is 12.6. The van der Waals surface area contributed by atoms with Gasteiger partial charge in [0.15, 0.2) is 5.13 Å². The van der Waals surface area contributed by atoms with Crippen LogP contribution in [-0.4, -0.2) is 33.6 Å². The highest BCUT2D eigenvalue weighted by Gasteiger charge is 2.17. The Labute approximate surface area is 172 Å². The Morgan fingerprint density at radius 2 is 2.03 bits per heavy atom. The van der Waals surface area contributed by atoms with Crippen LogP contribution < -0.4 is 10.1 Å². The molecule has 0 atom stereocenters. The van der Waals surface area contributed by atoms with E-state index >= 15 is 0 Å². The second kappa shape index (κ2) is 6.94. The summed E-state index contributed by atoms with van der Waals surface area (Å²) in [6.07, 6.45) is 0.878. The number of thiazole rings is 2. The van der Waals surface area contributed by atoms with Crippen molar-refractivity contribution in [2.45, 2.75) is 6.42 Å². The molecule has 7 nitrogen and oxygen atoms in total. The molecule has 1 amide bonds. The van der Waals surface area contributed by atoms with Crippen molar-refractivity contribution in [3.8, 4) is 16.3 Å². The van der Waals surface area contributed by atoms with Crippen LogP contribution in [0.15, 0.2) is 41.8 Å². The van der Waals surface area contributed by atoms with Crippen LogP contribution in [0.5, 0.6) is 5.75 Å². The number of fused-ring (bicyclic) bond motifs is 2. The molecule has 5 rings (SSSR count). The number of amides is 1. The van der Waals surface area contributed by atoms with Crippen LogP contribution in [0.25, 0.3) is 20.8 Å². The number of carbonyl (C=O) groups excluding carboxylic acids is 1. The first-order chi connectivity index (χ1) is 14.1. The predicted octanol–water partition coefficient (Wildman–Crippen LogP) is 4.31. The summed E-state index contributed by atoms with van der Waals surface area (Å²) in [5, 5.41) is 14.7. The molecule has 1 aliphatic heterocycles. The first-order valence-corrected chi connectivity index (χ1v) is 10.4. The quantitative estimate of drug-likeness (QED) is 0.507. The normalized spacial score (nSPS) is 12.6. The number of aromatic carboxylic acids is 1. The summed E-state index contributed by atoms with van der Waals surface area (Å²) in [7, 11) is 0. The van der Waals surface area contributed by atoms with Crippen molar-refractivity contribution in [1.29, 1.82) is 0 Å². The fourth-order valence-corrected chi connectivity index (χ4v) is 4.80. The molecule has 0 aliphatic carbocycles. The minimum absolute atomic E-state index is 0.183. The number of nitrogens with zero attached hydrogens (tertiary/aromatic N) is 2. The monoisotopic (exact) mass is 423 g/mol. The van der Waals surface area contributed by atoms with E-state index < -0.39 is 5.97 Å². The molecule has 0 saturated carbocycles. The van der Waals surface area contributed by atoms with Crippen LogP contribution >= 0.6 is 22.7 Å². The second-order valence-electron chi connectivity index (χ2n) is 6.42. The molecule has 9 heteroatoms. The average molecular weight is 423 g/mol. The third-order valence-corrected chi connectivity index (χ3v) is 6.35. The summed E-state index contributed by atoms with van der Waals surface area (Å²) in [6.45, 7) is 0.695. The Balaban J connectivity index is 1.36. The Morgan fingerprint density at radius 3 is 2.90 bits per heavy atom. The number of nitrogens with one attached hydrogen (secondary N) is 1. The smallest absolute Gasteiger partial charge is 0.335 e. The van der Waals surface area contributed by atoms with Gasteiger partial charge in [0.05, 0.1) is 22.4 Å². The lowest BCUT2D eigenvalue weighted by Crippen LogP contribution is -2.11. The van der Waals surface area contributed by atoms with Crippen molar-refractivity contribution >= 4 is 49.9 Å². The number of ether oxygens (including phenoxy) is 1. The molecule has 2 aromatic carbocycles. The largest absolute Gasteiger partial charge is 0.493 e. The number of rotatable bonds is 4. The van der Waals surface area contributed by atoms with Crippen molar-refractivity contribution < 1.29 is 19.4 Å². The van der Waals surface area contributed by atoms with Crippen molar-refractivity contribution in [3.63, 3.8) is 0 Å². The number of carbonyl (C=O) groups is 2. The van der Waals surface area contributed by atoms with Gasteiger partial charge in [-0.1, -0.05) is 11.3 Å². The Hall–Kier alpha value is -3.30. The van der Waals surface area contributed by atoms with Crippen LogP contribution in [0.3, 0.4) is 0 Å². The lowest BCUT2D eigenvalue weighted by atomic mass is 10.1. The van der Waals surface area contributed by atoms with E-state index in [2.05, 4.69) is 21.4 Å². The van der Waals surface area contributed by atoms with Crippen LogP contribution in [0.1, 0.15) is 26.4 Å². The van der Waals surface area contributed by atoms with E-state index in [4.69, 9.17) is 9.84 Å².